The molecule has 0 saturated carbocycles. The molecule has 4 atom stereocenters. The zero-order chi connectivity index (χ0) is 27.1. The number of hydrogen-bond acceptors (Lipinski definition) is 5. The van der Waals surface area contributed by atoms with Crippen molar-refractivity contribution in [2.24, 2.45) is 16.6 Å². The highest BCUT2D eigenvalue weighted by atomic mass is 15.5. The Balaban J connectivity index is 1.45. The van der Waals surface area contributed by atoms with Crippen LogP contribution in [0.5, 0.6) is 0 Å². The average Bonchev–Trinajstić information content (AvgIpc) is 3.57. The number of nitrogens with two attached hydrogens (primary N) is 1. The Hall–Kier alpha value is -2.28. The number of nitrogens with zero attached hydrogens (tertiary/aromatic N) is 5. The largest absolute Gasteiger partial charge is 0.370 e. The van der Waals surface area contributed by atoms with Crippen LogP contribution in [0.1, 0.15) is 78.2 Å². The minimum atomic E-state index is 0.377. The molecule has 0 bridgehead atoms. The van der Waals surface area contributed by atoms with Gasteiger partial charge in [0.1, 0.15) is 0 Å². The van der Waals surface area contributed by atoms with Crippen LogP contribution >= 0.6 is 0 Å². The summed E-state index contributed by atoms with van der Waals surface area (Å²) in [5.74, 6) is 2.14. The van der Waals surface area contributed by atoms with Crippen molar-refractivity contribution in [2.45, 2.75) is 103 Å². The lowest BCUT2D eigenvalue weighted by molar-refractivity contribution is 0.150. The van der Waals surface area contributed by atoms with Gasteiger partial charge in [-0.1, -0.05) is 70.9 Å². The maximum absolute atomic E-state index is 9.26. The molecule has 1 aromatic carbocycles. The van der Waals surface area contributed by atoms with E-state index < -0.39 is 0 Å². The van der Waals surface area contributed by atoms with E-state index in [1.807, 2.05) is 0 Å². The Bertz CT molecular complexity index is 901. The maximum Gasteiger partial charge on any atom is 0.194 e. The third-order valence-corrected chi connectivity index (χ3v) is 8.82. The van der Waals surface area contributed by atoms with Gasteiger partial charge in [-0.05, 0) is 56.6 Å². The van der Waals surface area contributed by atoms with Gasteiger partial charge >= 0.3 is 0 Å². The molecule has 0 spiro atoms. The highest BCUT2D eigenvalue weighted by Crippen LogP contribution is 2.28. The summed E-state index contributed by atoms with van der Waals surface area (Å²) in [4.78, 5) is 14.6. The van der Waals surface area contributed by atoms with Crippen LogP contribution in [0.25, 0.3) is 0 Å². The third kappa shape index (κ3) is 7.02. The second kappa shape index (κ2) is 13.7. The number of aliphatic imine (C=N–C) groups is 1. The van der Waals surface area contributed by atoms with E-state index in [0.717, 1.165) is 89.7 Å². The molecule has 4 rings (SSSR count). The number of hydrogen-bond donors (Lipinski definition) is 2. The summed E-state index contributed by atoms with van der Waals surface area (Å²) >= 11 is 0. The number of guanidine groups is 2. The van der Waals surface area contributed by atoms with Gasteiger partial charge in [-0.2, -0.15) is 0 Å². The van der Waals surface area contributed by atoms with E-state index in [-0.39, 0.29) is 0 Å². The summed E-state index contributed by atoms with van der Waals surface area (Å²) in [5, 5.41) is 9.26. The fourth-order valence-electron chi connectivity index (χ4n) is 6.83. The first kappa shape index (κ1) is 28.7. The predicted molar refractivity (Wildman–Crippen MR) is 160 cm³/mol. The summed E-state index contributed by atoms with van der Waals surface area (Å²) in [6.07, 6.45) is 9.23. The fourth-order valence-corrected chi connectivity index (χ4v) is 6.83. The van der Waals surface area contributed by atoms with Gasteiger partial charge in [0.25, 0.3) is 0 Å². The van der Waals surface area contributed by atoms with Crippen LogP contribution in [0, 0.1) is 11.3 Å². The summed E-state index contributed by atoms with van der Waals surface area (Å²) in [6, 6.07) is 12.6. The maximum atomic E-state index is 9.26. The van der Waals surface area contributed by atoms with Gasteiger partial charge in [0, 0.05) is 38.3 Å². The van der Waals surface area contributed by atoms with Crippen molar-refractivity contribution in [3.8, 4) is 0 Å². The van der Waals surface area contributed by atoms with Crippen molar-refractivity contribution in [1.29, 1.82) is 5.41 Å². The number of nitrogens with one attached hydrogen (secondary N) is 1. The Labute approximate surface area is 231 Å². The van der Waals surface area contributed by atoms with Crippen LogP contribution in [0.3, 0.4) is 0 Å². The molecule has 0 amide bonds. The molecular formula is C31H53N7. The lowest BCUT2D eigenvalue weighted by Crippen LogP contribution is -2.52. The number of unbranched alkanes of at least 4 members (excludes halogenated alkanes) is 1. The van der Waals surface area contributed by atoms with E-state index in [1.165, 1.54) is 18.4 Å². The molecule has 7 nitrogen and oxygen atoms in total. The number of likely N-dealkylation sites (tertiary alicyclic amines) is 1. The molecule has 3 N–H and O–H groups in total. The SMILES string of the molecule is CCCCN1C(=N)N([C@@H](CCC)CN2CCC[C@H]2CN2C(N)=NC[C@H]2CC(C)C)C[C@H]1Cc1ccccc1. The summed E-state index contributed by atoms with van der Waals surface area (Å²) in [5.41, 5.74) is 7.76. The Morgan fingerprint density at radius 3 is 2.55 bits per heavy atom. The van der Waals surface area contributed by atoms with Crippen molar-refractivity contribution in [3.05, 3.63) is 35.9 Å². The molecule has 2 fully saturated rings. The van der Waals surface area contributed by atoms with Crippen LogP contribution in [0.2, 0.25) is 0 Å². The van der Waals surface area contributed by atoms with Gasteiger partial charge in [-0.15, -0.1) is 0 Å². The molecule has 0 aromatic heterocycles. The third-order valence-electron chi connectivity index (χ3n) is 8.82. The molecule has 38 heavy (non-hydrogen) atoms. The minimum Gasteiger partial charge on any atom is -0.370 e. The quantitative estimate of drug-likeness (QED) is 0.372. The molecule has 212 valence electrons. The first-order chi connectivity index (χ1) is 18.4. The lowest BCUT2D eigenvalue weighted by Gasteiger charge is -2.37. The summed E-state index contributed by atoms with van der Waals surface area (Å²) < 4.78 is 0. The average molecular weight is 524 g/mol. The van der Waals surface area contributed by atoms with Gasteiger partial charge in [-0.25, -0.2) is 0 Å². The first-order valence-electron chi connectivity index (χ1n) is 15.4. The molecule has 0 unspecified atom stereocenters. The molecule has 3 heterocycles. The van der Waals surface area contributed by atoms with Gasteiger partial charge < -0.3 is 20.4 Å². The van der Waals surface area contributed by atoms with Crippen LogP contribution in [-0.4, -0.2) is 95.0 Å². The Kier molecular flexibility index (Phi) is 10.3. The summed E-state index contributed by atoms with van der Waals surface area (Å²) in [7, 11) is 0. The smallest absolute Gasteiger partial charge is 0.194 e. The topological polar surface area (TPSA) is 75.2 Å². The molecule has 1 aromatic rings. The van der Waals surface area contributed by atoms with E-state index >= 15 is 0 Å². The second-order valence-electron chi connectivity index (χ2n) is 12.2. The highest BCUT2D eigenvalue weighted by molar-refractivity contribution is 5.80. The minimum absolute atomic E-state index is 0.377. The molecule has 0 aliphatic carbocycles. The van der Waals surface area contributed by atoms with Crippen molar-refractivity contribution in [3.63, 3.8) is 0 Å². The Morgan fingerprint density at radius 1 is 1.05 bits per heavy atom. The van der Waals surface area contributed by atoms with Gasteiger partial charge in [0.15, 0.2) is 11.9 Å². The summed E-state index contributed by atoms with van der Waals surface area (Å²) in [6.45, 7) is 15.1. The molecule has 3 aliphatic rings. The zero-order valence-electron chi connectivity index (χ0n) is 24.5. The number of rotatable bonds is 14. The monoisotopic (exact) mass is 523 g/mol. The van der Waals surface area contributed by atoms with E-state index in [9.17, 15) is 5.41 Å². The van der Waals surface area contributed by atoms with Gasteiger partial charge in [0.05, 0.1) is 18.6 Å². The second-order valence-corrected chi connectivity index (χ2v) is 12.2. The number of benzene rings is 1. The van der Waals surface area contributed by atoms with E-state index in [0.29, 0.717) is 30.1 Å². The molecule has 3 aliphatic heterocycles. The highest BCUT2D eigenvalue weighted by Gasteiger charge is 2.40. The molecular weight excluding hydrogens is 470 g/mol. The van der Waals surface area contributed by atoms with Crippen molar-refractivity contribution in [1.82, 2.24) is 19.6 Å². The van der Waals surface area contributed by atoms with E-state index in [1.54, 1.807) is 0 Å². The standard InChI is InChI=1S/C31H53N7/c1-5-7-17-36-29(19-25-13-9-8-10-14-25)23-38(31(36)33)27(12-6-2)21-35-16-11-15-26(35)22-37-28(18-24(3)4)20-34-30(37)32/h8-10,13-14,24,26-29,33H,5-7,11-12,15-23H2,1-4H3,(H2,32,34)/t26-,27-,28+,29+/m0/s1. The van der Waals surface area contributed by atoms with Crippen molar-refractivity contribution in [2.75, 3.05) is 39.3 Å². The molecule has 2 saturated heterocycles. The zero-order valence-corrected chi connectivity index (χ0v) is 24.5. The van der Waals surface area contributed by atoms with Crippen LogP contribution in [0.4, 0.5) is 0 Å². The van der Waals surface area contributed by atoms with E-state index in [4.69, 9.17) is 5.73 Å². The lowest BCUT2D eigenvalue weighted by atomic mass is 10.0. The Morgan fingerprint density at radius 2 is 1.84 bits per heavy atom. The molecule has 7 heteroatoms. The first-order valence-corrected chi connectivity index (χ1v) is 15.4. The van der Waals surface area contributed by atoms with Crippen molar-refractivity contribution >= 4 is 11.9 Å². The van der Waals surface area contributed by atoms with Crippen molar-refractivity contribution < 1.29 is 0 Å². The van der Waals surface area contributed by atoms with Gasteiger partial charge in [0.2, 0.25) is 0 Å². The molecule has 0 radical (unpaired) electrons. The predicted octanol–water partition coefficient (Wildman–Crippen LogP) is 4.63. The normalized spacial score (nSPS) is 25.2. The van der Waals surface area contributed by atoms with Gasteiger partial charge in [-0.3, -0.25) is 15.3 Å². The fraction of sp³-hybridized carbons (Fsp3) is 0.742. The van der Waals surface area contributed by atoms with Crippen LogP contribution in [0.15, 0.2) is 35.3 Å². The van der Waals surface area contributed by atoms with Crippen LogP contribution in [-0.2, 0) is 6.42 Å². The van der Waals surface area contributed by atoms with E-state index in [2.05, 4.69) is 82.6 Å². The van der Waals surface area contributed by atoms with Crippen LogP contribution < -0.4 is 5.73 Å².